The molecule has 0 radical (unpaired) electrons. The summed E-state index contributed by atoms with van der Waals surface area (Å²) < 4.78 is 5.13. The molecule has 0 saturated heterocycles. The van der Waals surface area contributed by atoms with Gasteiger partial charge in [0, 0.05) is 22.7 Å². The van der Waals surface area contributed by atoms with Crippen molar-refractivity contribution in [2.75, 3.05) is 6.61 Å². The maximum Gasteiger partial charge on any atom is 0.347 e. The van der Waals surface area contributed by atoms with Crippen LogP contribution in [0.1, 0.15) is 18.1 Å². The highest BCUT2D eigenvalue weighted by atomic mass is 16.5. The summed E-state index contributed by atoms with van der Waals surface area (Å²) >= 11 is 0. The first-order valence-corrected chi connectivity index (χ1v) is 7.19. The van der Waals surface area contributed by atoms with E-state index in [1.165, 1.54) is 0 Å². The molecule has 2 N–H and O–H groups in total. The largest absolute Gasteiger partial charge is 0.463 e. The van der Waals surface area contributed by atoms with Crippen molar-refractivity contribution in [3.8, 4) is 0 Å². The molecule has 0 aliphatic rings. The van der Waals surface area contributed by atoms with Crippen LogP contribution in [0.3, 0.4) is 0 Å². The Hall–Kier alpha value is -2.59. The van der Waals surface area contributed by atoms with Gasteiger partial charge in [0.15, 0.2) is 0 Å². The fourth-order valence-corrected chi connectivity index (χ4v) is 2.67. The number of H-pyrrole nitrogens is 1. The first-order valence-electron chi connectivity index (χ1n) is 7.19. The summed E-state index contributed by atoms with van der Waals surface area (Å²) in [5, 5.41) is 12.0. The standard InChI is InChI=1S/C18H17NO3/c1-2-22-17(20)18(21,13-8-4-3-5-9-13)15-12-19-16-11-7-6-10-14(15)16/h3-12,19,21H,2H2,1H3/t18-/m0/s1. The summed E-state index contributed by atoms with van der Waals surface area (Å²) in [5.74, 6) is -0.675. The molecule has 0 saturated carbocycles. The normalized spacial score (nSPS) is 13.7. The molecule has 0 spiro atoms. The van der Waals surface area contributed by atoms with Crippen LogP contribution < -0.4 is 0 Å². The Kier molecular flexibility index (Phi) is 3.69. The van der Waals surface area contributed by atoms with Gasteiger partial charge in [-0.1, -0.05) is 48.5 Å². The van der Waals surface area contributed by atoms with Crippen molar-refractivity contribution in [3.05, 3.63) is 71.9 Å². The second-order valence-electron chi connectivity index (χ2n) is 5.04. The molecule has 0 fully saturated rings. The molecule has 0 bridgehead atoms. The lowest BCUT2D eigenvalue weighted by atomic mass is 9.86. The number of esters is 1. The van der Waals surface area contributed by atoms with Crippen LogP contribution >= 0.6 is 0 Å². The average Bonchev–Trinajstić information content (AvgIpc) is 2.99. The number of hydrogen-bond acceptors (Lipinski definition) is 3. The summed E-state index contributed by atoms with van der Waals surface area (Å²) in [6.45, 7) is 1.93. The molecular formula is C18H17NO3. The van der Waals surface area contributed by atoms with Crippen molar-refractivity contribution >= 4 is 16.9 Å². The van der Waals surface area contributed by atoms with Crippen molar-refractivity contribution in [1.29, 1.82) is 0 Å². The molecule has 3 aromatic rings. The van der Waals surface area contributed by atoms with Gasteiger partial charge in [-0.15, -0.1) is 0 Å². The number of fused-ring (bicyclic) bond motifs is 1. The number of benzene rings is 2. The average molecular weight is 295 g/mol. The number of ether oxygens (including phenoxy) is 1. The Bertz CT molecular complexity index is 794. The lowest BCUT2D eigenvalue weighted by Gasteiger charge is -2.26. The number of carbonyl (C=O) groups is 1. The van der Waals surface area contributed by atoms with Gasteiger partial charge in [-0.25, -0.2) is 4.79 Å². The fourth-order valence-electron chi connectivity index (χ4n) is 2.67. The van der Waals surface area contributed by atoms with Crippen LogP contribution in [0.4, 0.5) is 0 Å². The molecule has 1 heterocycles. The highest BCUT2D eigenvalue weighted by Gasteiger charge is 2.43. The van der Waals surface area contributed by atoms with E-state index in [0.717, 1.165) is 10.9 Å². The molecule has 22 heavy (non-hydrogen) atoms. The van der Waals surface area contributed by atoms with E-state index in [1.807, 2.05) is 30.3 Å². The van der Waals surface area contributed by atoms with Gasteiger partial charge in [-0.3, -0.25) is 0 Å². The van der Waals surface area contributed by atoms with Crippen molar-refractivity contribution in [2.24, 2.45) is 0 Å². The Labute approximate surface area is 128 Å². The number of nitrogens with one attached hydrogen (secondary N) is 1. The van der Waals surface area contributed by atoms with Crippen molar-refractivity contribution < 1.29 is 14.6 Å². The van der Waals surface area contributed by atoms with Gasteiger partial charge in [0.1, 0.15) is 0 Å². The molecular weight excluding hydrogens is 278 g/mol. The lowest BCUT2D eigenvalue weighted by molar-refractivity contribution is -0.161. The first kappa shape index (κ1) is 14.4. The fraction of sp³-hybridized carbons (Fsp3) is 0.167. The number of para-hydroxylation sites is 1. The Morgan fingerprint density at radius 1 is 1.14 bits per heavy atom. The van der Waals surface area contributed by atoms with E-state index in [2.05, 4.69) is 4.98 Å². The SMILES string of the molecule is CCOC(=O)[C@](O)(c1ccccc1)c1c[nH]c2ccccc12. The Balaban J connectivity index is 2.24. The van der Waals surface area contributed by atoms with Gasteiger partial charge in [-0.2, -0.15) is 0 Å². The zero-order valence-corrected chi connectivity index (χ0v) is 12.2. The highest BCUT2D eigenvalue weighted by Crippen LogP contribution is 2.35. The van der Waals surface area contributed by atoms with Crippen molar-refractivity contribution in [3.63, 3.8) is 0 Å². The smallest absolute Gasteiger partial charge is 0.347 e. The molecule has 0 unspecified atom stereocenters. The molecule has 2 aromatic carbocycles. The summed E-state index contributed by atoms with van der Waals surface area (Å²) in [6, 6.07) is 16.4. The van der Waals surface area contributed by atoms with Crippen LogP contribution in [-0.2, 0) is 15.1 Å². The van der Waals surface area contributed by atoms with Crippen molar-refractivity contribution in [2.45, 2.75) is 12.5 Å². The molecule has 4 nitrogen and oxygen atoms in total. The maximum absolute atomic E-state index is 12.5. The van der Waals surface area contributed by atoms with E-state index in [-0.39, 0.29) is 6.61 Å². The Morgan fingerprint density at radius 2 is 1.82 bits per heavy atom. The zero-order chi connectivity index (χ0) is 15.6. The van der Waals surface area contributed by atoms with E-state index in [9.17, 15) is 9.90 Å². The van der Waals surface area contributed by atoms with Gasteiger partial charge in [0.2, 0.25) is 5.60 Å². The van der Waals surface area contributed by atoms with Crippen molar-refractivity contribution in [1.82, 2.24) is 4.98 Å². The summed E-state index contributed by atoms with van der Waals surface area (Å²) in [7, 11) is 0. The van der Waals surface area contributed by atoms with Gasteiger partial charge < -0.3 is 14.8 Å². The maximum atomic E-state index is 12.5. The van der Waals surface area contributed by atoms with Gasteiger partial charge >= 0.3 is 5.97 Å². The quantitative estimate of drug-likeness (QED) is 0.727. The number of hydrogen-bond donors (Lipinski definition) is 2. The summed E-state index contributed by atoms with van der Waals surface area (Å²) in [5.41, 5.74) is -0.00115. The number of aliphatic hydroxyl groups is 1. The van der Waals surface area contributed by atoms with Gasteiger partial charge in [-0.05, 0) is 18.6 Å². The van der Waals surface area contributed by atoms with Gasteiger partial charge in [0.05, 0.1) is 6.61 Å². The minimum Gasteiger partial charge on any atom is -0.463 e. The van der Waals surface area contributed by atoms with Crippen LogP contribution in [0.15, 0.2) is 60.8 Å². The van der Waals surface area contributed by atoms with Crippen LogP contribution in [-0.4, -0.2) is 22.7 Å². The third-order valence-electron chi connectivity index (χ3n) is 3.74. The predicted molar refractivity (Wildman–Crippen MR) is 84.4 cm³/mol. The third kappa shape index (κ3) is 2.18. The van der Waals surface area contributed by atoms with Crippen LogP contribution in [0, 0.1) is 0 Å². The Morgan fingerprint density at radius 3 is 2.55 bits per heavy atom. The van der Waals surface area contributed by atoms with E-state index in [4.69, 9.17) is 4.74 Å². The summed E-state index contributed by atoms with van der Waals surface area (Å²) in [6.07, 6.45) is 1.66. The van der Waals surface area contributed by atoms with E-state index in [0.29, 0.717) is 11.1 Å². The van der Waals surface area contributed by atoms with Crippen LogP contribution in [0.2, 0.25) is 0 Å². The van der Waals surface area contributed by atoms with Crippen LogP contribution in [0.5, 0.6) is 0 Å². The van der Waals surface area contributed by atoms with Crippen LogP contribution in [0.25, 0.3) is 10.9 Å². The minimum atomic E-state index is -1.84. The first-order chi connectivity index (χ1) is 10.7. The molecule has 3 rings (SSSR count). The number of aromatic amines is 1. The second kappa shape index (κ2) is 5.66. The van der Waals surface area contributed by atoms with Gasteiger partial charge in [0.25, 0.3) is 0 Å². The number of carbonyl (C=O) groups excluding carboxylic acids is 1. The number of rotatable bonds is 4. The predicted octanol–water partition coefficient (Wildman–Crippen LogP) is 2.97. The number of aromatic nitrogens is 1. The van der Waals surface area contributed by atoms with E-state index < -0.39 is 11.6 Å². The second-order valence-corrected chi connectivity index (χ2v) is 5.04. The molecule has 112 valence electrons. The molecule has 0 amide bonds. The highest BCUT2D eigenvalue weighted by molar-refractivity contribution is 5.94. The molecule has 1 atom stereocenters. The monoisotopic (exact) mass is 295 g/mol. The third-order valence-corrected chi connectivity index (χ3v) is 3.74. The zero-order valence-electron chi connectivity index (χ0n) is 12.2. The molecule has 0 aliphatic heterocycles. The lowest BCUT2D eigenvalue weighted by Crippen LogP contribution is -2.38. The minimum absolute atomic E-state index is 0.205. The molecule has 4 heteroatoms. The molecule has 1 aromatic heterocycles. The molecule has 0 aliphatic carbocycles. The topological polar surface area (TPSA) is 62.3 Å². The summed E-state index contributed by atoms with van der Waals surface area (Å²) in [4.78, 5) is 15.6. The van der Waals surface area contributed by atoms with E-state index >= 15 is 0 Å². The van der Waals surface area contributed by atoms with E-state index in [1.54, 1.807) is 37.4 Å².